The standard InChI is InChI=1S/C22H24FN5O/c1-2-5-20-24-11-8-19(26-20)17-14-25-27-21(17)15-9-12-28(13-10-15)22(29)16-6-3-4-7-18(16)23/h3-4,6-8,11,14-15H,2,5,9-10,12-13H2,1H3,(H,25,27). The van der Waals surface area contributed by atoms with Gasteiger partial charge in [-0.25, -0.2) is 14.4 Å². The Hall–Kier alpha value is -3.09. The van der Waals surface area contributed by atoms with Gasteiger partial charge in [-0.05, 0) is 37.5 Å². The number of aryl methyl sites for hydroxylation is 1. The lowest BCUT2D eigenvalue weighted by atomic mass is 9.90. The summed E-state index contributed by atoms with van der Waals surface area (Å²) in [5, 5.41) is 7.38. The molecule has 0 saturated carbocycles. The summed E-state index contributed by atoms with van der Waals surface area (Å²) in [6.07, 6.45) is 7.03. The van der Waals surface area contributed by atoms with Gasteiger partial charge in [-0.3, -0.25) is 9.89 Å². The van der Waals surface area contributed by atoms with Crippen LogP contribution in [0.5, 0.6) is 0 Å². The van der Waals surface area contributed by atoms with Crippen molar-refractivity contribution in [1.82, 2.24) is 25.1 Å². The van der Waals surface area contributed by atoms with E-state index in [2.05, 4.69) is 27.1 Å². The van der Waals surface area contributed by atoms with Crippen molar-refractivity contribution in [3.05, 3.63) is 65.6 Å². The summed E-state index contributed by atoms with van der Waals surface area (Å²) in [5.74, 6) is 0.373. The zero-order valence-corrected chi connectivity index (χ0v) is 16.4. The number of halogens is 1. The molecule has 1 amide bonds. The number of likely N-dealkylation sites (tertiary alicyclic amines) is 1. The van der Waals surface area contributed by atoms with E-state index >= 15 is 0 Å². The lowest BCUT2D eigenvalue weighted by Crippen LogP contribution is -2.38. The third-order valence-electron chi connectivity index (χ3n) is 5.42. The highest BCUT2D eigenvalue weighted by Gasteiger charge is 2.28. The quantitative estimate of drug-likeness (QED) is 0.712. The Balaban J connectivity index is 1.48. The maximum Gasteiger partial charge on any atom is 0.256 e. The number of nitrogens with one attached hydrogen (secondary N) is 1. The molecule has 4 rings (SSSR count). The number of carbonyl (C=O) groups is 1. The minimum atomic E-state index is -0.470. The molecular weight excluding hydrogens is 369 g/mol. The lowest BCUT2D eigenvalue weighted by molar-refractivity contribution is 0.0707. The fourth-order valence-corrected chi connectivity index (χ4v) is 3.88. The van der Waals surface area contributed by atoms with Gasteiger partial charge in [0.25, 0.3) is 5.91 Å². The monoisotopic (exact) mass is 393 g/mol. The number of rotatable bonds is 5. The Kier molecular flexibility index (Phi) is 5.64. The average molecular weight is 393 g/mol. The van der Waals surface area contributed by atoms with Gasteiger partial charge in [0.2, 0.25) is 0 Å². The first-order chi connectivity index (χ1) is 14.2. The van der Waals surface area contributed by atoms with Gasteiger partial charge in [0, 0.05) is 42.9 Å². The number of hydrogen-bond acceptors (Lipinski definition) is 4. The molecule has 0 radical (unpaired) electrons. The fourth-order valence-electron chi connectivity index (χ4n) is 3.88. The minimum absolute atomic E-state index is 0.137. The molecule has 7 heteroatoms. The van der Waals surface area contributed by atoms with Gasteiger partial charge in [-0.1, -0.05) is 19.1 Å². The van der Waals surface area contributed by atoms with Crippen molar-refractivity contribution >= 4 is 5.91 Å². The Labute approximate surface area is 169 Å². The number of hydrogen-bond donors (Lipinski definition) is 1. The second-order valence-corrected chi connectivity index (χ2v) is 7.35. The molecule has 3 aromatic rings. The van der Waals surface area contributed by atoms with Crippen LogP contribution in [0.2, 0.25) is 0 Å². The molecule has 0 bridgehead atoms. The van der Waals surface area contributed by atoms with E-state index in [1.54, 1.807) is 29.3 Å². The number of aromatic nitrogens is 4. The highest BCUT2D eigenvalue weighted by Crippen LogP contribution is 2.33. The zero-order valence-electron chi connectivity index (χ0n) is 16.4. The van der Waals surface area contributed by atoms with Gasteiger partial charge in [0.05, 0.1) is 17.5 Å². The van der Waals surface area contributed by atoms with Crippen LogP contribution in [0.1, 0.15) is 54.0 Å². The van der Waals surface area contributed by atoms with Crippen LogP contribution in [0.25, 0.3) is 11.3 Å². The maximum atomic E-state index is 14.0. The Morgan fingerprint density at radius 3 is 2.79 bits per heavy atom. The van der Waals surface area contributed by atoms with Crippen LogP contribution in [0.3, 0.4) is 0 Å². The molecule has 1 N–H and O–H groups in total. The second kappa shape index (κ2) is 8.51. The first kappa shape index (κ1) is 19.2. The molecule has 1 fully saturated rings. The van der Waals surface area contributed by atoms with Crippen LogP contribution in [-0.2, 0) is 6.42 Å². The normalized spacial score (nSPS) is 14.9. The molecule has 0 unspecified atom stereocenters. The van der Waals surface area contributed by atoms with Gasteiger partial charge in [-0.15, -0.1) is 0 Å². The van der Waals surface area contributed by atoms with Crippen molar-refractivity contribution in [3.8, 4) is 11.3 Å². The highest BCUT2D eigenvalue weighted by molar-refractivity contribution is 5.94. The van der Waals surface area contributed by atoms with E-state index in [1.807, 2.05) is 12.3 Å². The van der Waals surface area contributed by atoms with Crippen molar-refractivity contribution in [1.29, 1.82) is 0 Å². The molecule has 150 valence electrons. The SMILES string of the molecule is CCCc1nccc(-c2cn[nH]c2C2CCN(C(=O)c3ccccc3F)CC2)n1. The predicted molar refractivity (Wildman–Crippen MR) is 108 cm³/mol. The van der Waals surface area contributed by atoms with Crippen molar-refractivity contribution < 1.29 is 9.18 Å². The molecule has 0 atom stereocenters. The number of aromatic amines is 1. The van der Waals surface area contributed by atoms with E-state index in [4.69, 9.17) is 0 Å². The summed E-state index contributed by atoms with van der Waals surface area (Å²) in [6, 6.07) is 8.06. The largest absolute Gasteiger partial charge is 0.339 e. The molecule has 29 heavy (non-hydrogen) atoms. The predicted octanol–water partition coefficient (Wildman–Crippen LogP) is 3.98. The van der Waals surface area contributed by atoms with Crippen LogP contribution < -0.4 is 0 Å². The number of amides is 1. The van der Waals surface area contributed by atoms with Gasteiger partial charge in [-0.2, -0.15) is 5.10 Å². The molecule has 2 aromatic heterocycles. The molecular formula is C22H24FN5O. The van der Waals surface area contributed by atoms with Crippen molar-refractivity contribution in [2.45, 2.75) is 38.5 Å². The second-order valence-electron chi connectivity index (χ2n) is 7.35. The van der Waals surface area contributed by atoms with Gasteiger partial charge >= 0.3 is 0 Å². The van der Waals surface area contributed by atoms with Crippen LogP contribution in [0.15, 0.2) is 42.7 Å². The summed E-state index contributed by atoms with van der Waals surface area (Å²) in [4.78, 5) is 23.4. The molecule has 3 heterocycles. The smallest absolute Gasteiger partial charge is 0.256 e. The van der Waals surface area contributed by atoms with Crippen LogP contribution in [0, 0.1) is 5.82 Å². The van der Waals surface area contributed by atoms with Crippen molar-refractivity contribution in [2.24, 2.45) is 0 Å². The van der Waals surface area contributed by atoms with E-state index in [9.17, 15) is 9.18 Å². The number of carbonyl (C=O) groups excluding carboxylic acids is 1. The fraction of sp³-hybridized carbons (Fsp3) is 0.364. The number of H-pyrrole nitrogens is 1. The molecule has 1 aliphatic rings. The number of benzene rings is 1. The molecule has 0 spiro atoms. The Bertz CT molecular complexity index is 994. The van der Waals surface area contributed by atoms with E-state index < -0.39 is 5.82 Å². The van der Waals surface area contributed by atoms with Gasteiger partial charge < -0.3 is 4.90 Å². The minimum Gasteiger partial charge on any atom is -0.339 e. The van der Waals surface area contributed by atoms with E-state index in [0.29, 0.717) is 13.1 Å². The topological polar surface area (TPSA) is 74.8 Å². The average Bonchev–Trinajstić information content (AvgIpc) is 3.24. The van der Waals surface area contributed by atoms with Gasteiger partial charge in [0.1, 0.15) is 11.6 Å². The van der Waals surface area contributed by atoms with Gasteiger partial charge in [0.15, 0.2) is 0 Å². The van der Waals surface area contributed by atoms with Crippen LogP contribution in [0.4, 0.5) is 4.39 Å². The van der Waals surface area contributed by atoms with Crippen molar-refractivity contribution in [2.75, 3.05) is 13.1 Å². The molecule has 6 nitrogen and oxygen atoms in total. The molecule has 0 aliphatic carbocycles. The molecule has 1 aromatic carbocycles. The van der Waals surface area contributed by atoms with Crippen LogP contribution in [-0.4, -0.2) is 44.1 Å². The van der Waals surface area contributed by atoms with E-state index in [0.717, 1.165) is 48.5 Å². The number of piperidine rings is 1. The summed E-state index contributed by atoms with van der Waals surface area (Å²) < 4.78 is 14.0. The van der Waals surface area contributed by atoms with E-state index in [-0.39, 0.29) is 17.4 Å². The summed E-state index contributed by atoms with van der Waals surface area (Å²) >= 11 is 0. The molecule has 1 saturated heterocycles. The summed E-state index contributed by atoms with van der Waals surface area (Å²) in [6.45, 7) is 3.28. The Morgan fingerprint density at radius 2 is 2.03 bits per heavy atom. The lowest BCUT2D eigenvalue weighted by Gasteiger charge is -2.32. The summed E-state index contributed by atoms with van der Waals surface area (Å²) in [7, 11) is 0. The van der Waals surface area contributed by atoms with Crippen LogP contribution >= 0.6 is 0 Å². The molecule has 1 aliphatic heterocycles. The number of nitrogens with zero attached hydrogens (tertiary/aromatic N) is 4. The maximum absolute atomic E-state index is 14.0. The van der Waals surface area contributed by atoms with Crippen molar-refractivity contribution in [3.63, 3.8) is 0 Å². The summed E-state index contributed by atoms with van der Waals surface area (Å²) in [5.41, 5.74) is 3.04. The van der Waals surface area contributed by atoms with E-state index in [1.165, 1.54) is 6.07 Å². The first-order valence-electron chi connectivity index (χ1n) is 10.1. The Morgan fingerprint density at radius 1 is 1.24 bits per heavy atom. The zero-order chi connectivity index (χ0) is 20.2. The third kappa shape index (κ3) is 4.04. The highest BCUT2D eigenvalue weighted by atomic mass is 19.1. The third-order valence-corrected chi connectivity index (χ3v) is 5.42. The first-order valence-corrected chi connectivity index (χ1v) is 10.1.